The van der Waals surface area contributed by atoms with Crippen LogP contribution < -0.4 is 20.7 Å². The Labute approximate surface area is 202 Å². The molecule has 0 aliphatic carbocycles. The lowest BCUT2D eigenvalue weighted by atomic mass is 9.91. The van der Waals surface area contributed by atoms with Crippen molar-refractivity contribution in [3.05, 3.63) is 59.2 Å². The number of guanidine groups is 1. The van der Waals surface area contributed by atoms with E-state index in [1.54, 1.807) is 0 Å². The molecule has 0 spiro atoms. The maximum Gasteiger partial charge on any atom is 0.225 e. The standard InChI is InChI=1S/C24H32N4O2.HI/c1-4-25-24(26-13-8-14-30-23-17(2)9-7-10-18(23)3)27-16-19-15-22(29)28-21-12-6-5-11-20(19)21;/h5-7,9-12,19H,4,8,13-16H2,1-3H3,(H,28,29)(H2,25,26,27);1H. The molecule has 168 valence electrons. The van der Waals surface area contributed by atoms with Crippen LogP contribution in [0.5, 0.6) is 5.75 Å². The largest absolute Gasteiger partial charge is 0.493 e. The van der Waals surface area contributed by atoms with Crippen molar-refractivity contribution in [2.45, 2.75) is 39.5 Å². The molecule has 2 aromatic carbocycles. The van der Waals surface area contributed by atoms with Crippen molar-refractivity contribution in [1.82, 2.24) is 10.6 Å². The maximum atomic E-state index is 12.0. The van der Waals surface area contributed by atoms with Gasteiger partial charge in [-0.3, -0.25) is 9.79 Å². The Bertz CT molecular complexity index is 881. The molecule has 1 aliphatic rings. The molecule has 1 aliphatic heterocycles. The fraction of sp³-hybridized carbons (Fsp3) is 0.417. The zero-order valence-electron chi connectivity index (χ0n) is 18.5. The highest BCUT2D eigenvalue weighted by atomic mass is 127. The number of aliphatic imine (C=N–C) groups is 1. The summed E-state index contributed by atoms with van der Waals surface area (Å²) in [6.45, 7) is 8.95. The van der Waals surface area contributed by atoms with E-state index in [4.69, 9.17) is 9.73 Å². The van der Waals surface area contributed by atoms with Crippen molar-refractivity contribution in [3.63, 3.8) is 0 Å². The molecule has 3 rings (SSSR count). The molecule has 31 heavy (non-hydrogen) atoms. The predicted molar refractivity (Wildman–Crippen MR) is 138 cm³/mol. The fourth-order valence-electron chi connectivity index (χ4n) is 3.69. The van der Waals surface area contributed by atoms with Gasteiger partial charge in [-0.05, 0) is 49.9 Å². The number of hydrogen-bond donors (Lipinski definition) is 3. The third-order valence-corrected chi connectivity index (χ3v) is 5.19. The van der Waals surface area contributed by atoms with Crippen molar-refractivity contribution in [2.24, 2.45) is 4.99 Å². The normalized spacial score (nSPS) is 15.4. The summed E-state index contributed by atoms with van der Waals surface area (Å²) in [6.07, 6.45) is 1.33. The quantitative estimate of drug-likeness (QED) is 0.203. The van der Waals surface area contributed by atoms with Crippen molar-refractivity contribution >= 4 is 41.5 Å². The second-order valence-corrected chi connectivity index (χ2v) is 7.61. The van der Waals surface area contributed by atoms with Gasteiger partial charge in [-0.1, -0.05) is 36.4 Å². The summed E-state index contributed by atoms with van der Waals surface area (Å²) < 4.78 is 5.97. The summed E-state index contributed by atoms with van der Waals surface area (Å²) in [4.78, 5) is 16.7. The summed E-state index contributed by atoms with van der Waals surface area (Å²) in [5, 5.41) is 9.59. The molecule has 1 amide bonds. The molecule has 2 aromatic rings. The van der Waals surface area contributed by atoms with Gasteiger partial charge in [0, 0.05) is 31.1 Å². The van der Waals surface area contributed by atoms with E-state index in [0.29, 0.717) is 19.6 Å². The molecular formula is C24H33IN4O2. The Balaban J connectivity index is 0.00000341. The van der Waals surface area contributed by atoms with Crippen molar-refractivity contribution in [3.8, 4) is 5.75 Å². The number of hydrogen-bond acceptors (Lipinski definition) is 3. The van der Waals surface area contributed by atoms with Gasteiger partial charge in [-0.25, -0.2) is 0 Å². The number of nitrogens with one attached hydrogen (secondary N) is 3. The van der Waals surface area contributed by atoms with Gasteiger partial charge in [0.05, 0.1) is 13.2 Å². The minimum atomic E-state index is 0. The zero-order valence-corrected chi connectivity index (χ0v) is 20.9. The van der Waals surface area contributed by atoms with Crippen LogP contribution in [0, 0.1) is 13.8 Å². The van der Waals surface area contributed by atoms with Gasteiger partial charge in [-0.2, -0.15) is 0 Å². The van der Waals surface area contributed by atoms with Crippen LogP contribution in [0.25, 0.3) is 0 Å². The average molecular weight is 536 g/mol. The molecule has 0 fully saturated rings. The van der Waals surface area contributed by atoms with E-state index in [1.165, 1.54) is 0 Å². The van der Waals surface area contributed by atoms with Crippen LogP contribution in [0.1, 0.15) is 42.4 Å². The molecule has 3 N–H and O–H groups in total. The summed E-state index contributed by atoms with van der Waals surface area (Å²) in [6, 6.07) is 14.2. The van der Waals surface area contributed by atoms with Gasteiger partial charge in [0.2, 0.25) is 5.91 Å². The number of amides is 1. The number of nitrogens with zero attached hydrogens (tertiary/aromatic N) is 1. The SMILES string of the molecule is CCNC(=NCC1CC(=O)Nc2ccccc21)NCCCOc1c(C)cccc1C.I. The summed E-state index contributed by atoms with van der Waals surface area (Å²) in [5.41, 5.74) is 4.37. The Hall–Kier alpha value is -2.29. The number of fused-ring (bicyclic) bond motifs is 1. The average Bonchev–Trinajstić information content (AvgIpc) is 2.73. The van der Waals surface area contributed by atoms with E-state index < -0.39 is 0 Å². The van der Waals surface area contributed by atoms with E-state index in [-0.39, 0.29) is 35.8 Å². The maximum absolute atomic E-state index is 12.0. The van der Waals surface area contributed by atoms with E-state index in [0.717, 1.165) is 53.6 Å². The molecule has 1 atom stereocenters. The number of carbonyl (C=O) groups is 1. The lowest BCUT2D eigenvalue weighted by molar-refractivity contribution is -0.116. The first-order chi connectivity index (χ1) is 14.6. The second-order valence-electron chi connectivity index (χ2n) is 7.61. The van der Waals surface area contributed by atoms with Crippen molar-refractivity contribution in [2.75, 3.05) is 31.6 Å². The number of carbonyl (C=O) groups excluding carboxylic acids is 1. The van der Waals surface area contributed by atoms with E-state index >= 15 is 0 Å². The minimum absolute atomic E-state index is 0. The number of aryl methyl sites for hydroxylation is 2. The Morgan fingerprint density at radius 2 is 1.87 bits per heavy atom. The smallest absolute Gasteiger partial charge is 0.225 e. The van der Waals surface area contributed by atoms with Crippen LogP contribution in [0.2, 0.25) is 0 Å². The van der Waals surface area contributed by atoms with E-state index in [2.05, 4.69) is 48.0 Å². The number of rotatable bonds is 8. The molecule has 0 saturated carbocycles. The number of anilines is 1. The van der Waals surface area contributed by atoms with Crippen molar-refractivity contribution < 1.29 is 9.53 Å². The van der Waals surface area contributed by atoms with Crippen LogP contribution in [-0.2, 0) is 4.79 Å². The lowest BCUT2D eigenvalue weighted by Crippen LogP contribution is -2.38. The van der Waals surface area contributed by atoms with Crippen LogP contribution in [0.3, 0.4) is 0 Å². The highest BCUT2D eigenvalue weighted by Crippen LogP contribution is 2.32. The monoisotopic (exact) mass is 536 g/mol. The predicted octanol–water partition coefficient (Wildman–Crippen LogP) is 4.37. The Kier molecular flexibility index (Phi) is 10.1. The van der Waals surface area contributed by atoms with Gasteiger partial charge in [-0.15, -0.1) is 24.0 Å². The van der Waals surface area contributed by atoms with Crippen LogP contribution in [-0.4, -0.2) is 38.1 Å². The van der Waals surface area contributed by atoms with E-state index in [9.17, 15) is 4.79 Å². The number of ether oxygens (including phenoxy) is 1. The first kappa shape index (κ1) is 25.0. The third-order valence-electron chi connectivity index (χ3n) is 5.19. The fourth-order valence-corrected chi connectivity index (χ4v) is 3.69. The highest BCUT2D eigenvalue weighted by molar-refractivity contribution is 14.0. The van der Waals surface area contributed by atoms with Crippen LogP contribution in [0.4, 0.5) is 5.69 Å². The summed E-state index contributed by atoms with van der Waals surface area (Å²) >= 11 is 0. The molecule has 1 heterocycles. The molecule has 0 radical (unpaired) electrons. The number of para-hydroxylation sites is 2. The molecule has 1 unspecified atom stereocenters. The summed E-state index contributed by atoms with van der Waals surface area (Å²) in [5.74, 6) is 1.90. The Morgan fingerprint density at radius 3 is 2.61 bits per heavy atom. The van der Waals surface area contributed by atoms with E-state index in [1.807, 2.05) is 31.2 Å². The first-order valence-corrected chi connectivity index (χ1v) is 10.7. The van der Waals surface area contributed by atoms with Gasteiger partial charge >= 0.3 is 0 Å². The molecule has 0 aromatic heterocycles. The van der Waals surface area contributed by atoms with Gasteiger partial charge in [0.15, 0.2) is 5.96 Å². The molecule has 6 nitrogen and oxygen atoms in total. The van der Waals surface area contributed by atoms with Gasteiger partial charge in [0.1, 0.15) is 5.75 Å². The topological polar surface area (TPSA) is 74.8 Å². The first-order valence-electron chi connectivity index (χ1n) is 10.7. The van der Waals surface area contributed by atoms with Gasteiger partial charge in [0.25, 0.3) is 0 Å². The van der Waals surface area contributed by atoms with Crippen LogP contribution in [0.15, 0.2) is 47.5 Å². The third kappa shape index (κ3) is 7.12. The minimum Gasteiger partial charge on any atom is -0.493 e. The number of halogens is 1. The Morgan fingerprint density at radius 1 is 1.13 bits per heavy atom. The highest BCUT2D eigenvalue weighted by Gasteiger charge is 2.24. The molecule has 7 heteroatoms. The number of benzene rings is 2. The molecule has 0 bridgehead atoms. The molecule has 0 saturated heterocycles. The lowest BCUT2D eigenvalue weighted by Gasteiger charge is -2.24. The summed E-state index contributed by atoms with van der Waals surface area (Å²) in [7, 11) is 0. The second kappa shape index (κ2) is 12.5. The van der Waals surface area contributed by atoms with Crippen LogP contribution >= 0.6 is 24.0 Å². The van der Waals surface area contributed by atoms with Gasteiger partial charge < -0.3 is 20.7 Å². The van der Waals surface area contributed by atoms with Crippen molar-refractivity contribution in [1.29, 1.82) is 0 Å². The zero-order chi connectivity index (χ0) is 21.3. The molecular weight excluding hydrogens is 503 g/mol.